The van der Waals surface area contributed by atoms with Gasteiger partial charge in [-0.3, -0.25) is 4.79 Å². The fourth-order valence-corrected chi connectivity index (χ4v) is 3.45. The summed E-state index contributed by atoms with van der Waals surface area (Å²) in [6, 6.07) is 5.41. The minimum atomic E-state index is -0.154. The summed E-state index contributed by atoms with van der Waals surface area (Å²) in [6.45, 7) is 5.34. The van der Waals surface area contributed by atoms with Crippen LogP contribution in [0.3, 0.4) is 0 Å². The first kappa shape index (κ1) is 23.9. The lowest BCUT2D eigenvalue weighted by Gasteiger charge is -2.16. The second-order valence-corrected chi connectivity index (χ2v) is 7.67. The Morgan fingerprint density at radius 3 is 2.79 bits per heavy atom. The fraction of sp³-hybridized carbons (Fsp3) is 0.455. The first-order valence-electron chi connectivity index (χ1n) is 11.1. The predicted molar refractivity (Wildman–Crippen MR) is 125 cm³/mol. The van der Waals surface area contributed by atoms with E-state index >= 15 is 0 Å². The van der Waals surface area contributed by atoms with E-state index < -0.39 is 0 Å². The maximum absolute atomic E-state index is 12.7. The zero-order valence-electron chi connectivity index (χ0n) is 19.3. The Hall–Kier alpha value is -3.76. The lowest BCUT2D eigenvalue weighted by molar-refractivity contribution is 0.0953. The summed E-state index contributed by atoms with van der Waals surface area (Å²) in [5, 5.41) is 20.1. The predicted octanol–water partition coefficient (Wildman–Crippen LogP) is 2.05. The lowest BCUT2D eigenvalue weighted by atomic mass is 10.0. The average molecular weight is 454 g/mol. The molecule has 0 aliphatic rings. The van der Waals surface area contributed by atoms with Crippen molar-refractivity contribution < 1.29 is 9.53 Å². The minimum absolute atomic E-state index is 0.154. The number of anilines is 2. The monoisotopic (exact) mass is 453 g/mol. The number of nitrogens with zero attached hydrogens (tertiary/aromatic N) is 5. The van der Waals surface area contributed by atoms with Gasteiger partial charge in [0.25, 0.3) is 5.91 Å². The number of carbonyl (C=O) groups is 1. The van der Waals surface area contributed by atoms with E-state index in [2.05, 4.69) is 48.1 Å². The first-order chi connectivity index (χ1) is 16.0. The van der Waals surface area contributed by atoms with Crippen LogP contribution in [0.5, 0.6) is 5.75 Å². The van der Waals surface area contributed by atoms with E-state index in [4.69, 9.17) is 10.5 Å². The molecule has 1 amide bonds. The van der Waals surface area contributed by atoms with Crippen molar-refractivity contribution in [1.29, 1.82) is 0 Å². The van der Waals surface area contributed by atoms with Crippen LogP contribution in [0.1, 0.15) is 59.2 Å². The Morgan fingerprint density at radius 1 is 1.21 bits per heavy atom. The van der Waals surface area contributed by atoms with Crippen LogP contribution in [0.15, 0.2) is 18.2 Å². The number of aromatic nitrogens is 6. The number of ether oxygens (including phenoxy) is 1. The van der Waals surface area contributed by atoms with Crippen molar-refractivity contribution in [1.82, 2.24) is 35.9 Å². The number of unbranched alkanes of at least 4 members (excludes halogenated alkanes) is 1. The van der Waals surface area contributed by atoms with Gasteiger partial charge in [0.2, 0.25) is 5.95 Å². The van der Waals surface area contributed by atoms with Crippen LogP contribution in [0, 0.1) is 6.92 Å². The normalized spacial score (nSPS) is 10.8. The first-order valence-corrected chi connectivity index (χ1v) is 11.1. The summed E-state index contributed by atoms with van der Waals surface area (Å²) in [4.78, 5) is 21.4. The van der Waals surface area contributed by atoms with Gasteiger partial charge in [0.15, 0.2) is 5.82 Å². The van der Waals surface area contributed by atoms with Gasteiger partial charge >= 0.3 is 0 Å². The molecule has 2 heterocycles. The van der Waals surface area contributed by atoms with E-state index in [1.54, 1.807) is 19.2 Å². The number of hydrogen-bond donors (Lipinski definition) is 4. The number of carbonyl (C=O) groups excluding carboxylic acids is 1. The SMILES string of the molecule is CCCCNc1nc(N)nc(C)c1Cc1cc(C(=O)NCCCc2nn[nH]n2)ccc1OC. The van der Waals surface area contributed by atoms with Crippen molar-refractivity contribution in [3.05, 3.63) is 46.4 Å². The second-order valence-electron chi connectivity index (χ2n) is 7.67. The molecule has 3 aromatic rings. The molecule has 0 radical (unpaired) electrons. The Kier molecular flexibility index (Phi) is 8.50. The van der Waals surface area contributed by atoms with Crippen LogP contribution in [0.2, 0.25) is 0 Å². The van der Waals surface area contributed by atoms with Crippen LogP contribution in [0.4, 0.5) is 11.8 Å². The summed E-state index contributed by atoms with van der Waals surface area (Å²) in [5.74, 6) is 2.11. The van der Waals surface area contributed by atoms with Gasteiger partial charge < -0.3 is 21.1 Å². The molecule has 0 spiro atoms. The smallest absolute Gasteiger partial charge is 0.251 e. The molecular weight excluding hydrogens is 422 g/mol. The number of aromatic amines is 1. The van der Waals surface area contributed by atoms with Gasteiger partial charge in [-0.1, -0.05) is 18.6 Å². The summed E-state index contributed by atoms with van der Waals surface area (Å²) >= 11 is 0. The van der Waals surface area contributed by atoms with Crippen LogP contribution >= 0.6 is 0 Å². The summed E-state index contributed by atoms with van der Waals surface area (Å²) in [5.41, 5.74) is 9.02. The fourth-order valence-electron chi connectivity index (χ4n) is 3.45. The number of nitrogen functional groups attached to an aromatic ring is 1. The zero-order valence-corrected chi connectivity index (χ0v) is 19.3. The molecular formula is C22H31N9O2. The Labute approximate surface area is 192 Å². The molecule has 0 atom stereocenters. The second kappa shape index (κ2) is 11.7. The highest BCUT2D eigenvalue weighted by Crippen LogP contribution is 2.27. The van der Waals surface area contributed by atoms with E-state index in [0.29, 0.717) is 48.8 Å². The van der Waals surface area contributed by atoms with Gasteiger partial charge in [-0.05, 0) is 43.5 Å². The Balaban J connectivity index is 1.73. The molecule has 11 heteroatoms. The number of tetrazole rings is 1. The number of hydrogen-bond acceptors (Lipinski definition) is 9. The average Bonchev–Trinajstić information content (AvgIpc) is 3.32. The molecule has 11 nitrogen and oxygen atoms in total. The third kappa shape index (κ3) is 6.61. The van der Waals surface area contributed by atoms with Crippen molar-refractivity contribution in [2.24, 2.45) is 0 Å². The van der Waals surface area contributed by atoms with Gasteiger partial charge in [0.1, 0.15) is 11.6 Å². The molecule has 0 saturated heterocycles. The van der Waals surface area contributed by atoms with E-state index in [9.17, 15) is 4.79 Å². The zero-order chi connectivity index (χ0) is 23.6. The van der Waals surface area contributed by atoms with Crippen LogP contribution in [0.25, 0.3) is 0 Å². The largest absolute Gasteiger partial charge is 0.496 e. The van der Waals surface area contributed by atoms with E-state index in [1.165, 1.54) is 0 Å². The van der Waals surface area contributed by atoms with Gasteiger partial charge in [0, 0.05) is 42.8 Å². The van der Waals surface area contributed by atoms with E-state index in [-0.39, 0.29) is 11.9 Å². The minimum Gasteiger partial charge on any atom is -0.496 e. The van der Waals surface area contributed by atoms with Gasteiger partial charge in [0.05, 0.1) is 7.11 Å². The molecule has 2 aromatic heterocycles. The van der Waals surface area contributed by atoms with Gasteiger partial charge in [-0.2, -0.15) is 10.2 Å². The molecule has 0 saturated carbocycles. The number of nitrogens with two attached hydrogens (primary N) is 1. The van der Waals surface area contributed by atoms with Crippen LogP contribution < -0.4 is 21.1 Å². The number of H-pyrrole nitrogens is 1. The number of methoxy groups -OCH3 is 1. The molecule has 1 aromatic carbocycles. The lowest BCUT2D eigenvalue weighted by Crippen LogP contribution is -2.25. The maximum Gasteiger partial charge on any atom is 0.251 e. The molecule has 0 fully saturated rings. The quantitative estimate of drug-likeness (QED) is 0.301. The van der Waals surface area contributed by atoms with Crippen LogP contribution in [-0.2, 0) is 12.8 Å². The molecule has 3 rings (SSSR count). The third-order valence-corrected chi connectivity index (χ3v) is 5.22. The van der Waals surface area contributed by atoms with Crippen molar-refractivity contribution >= 4 is 17.7 Å². The van der Waals surface area contributed by atoms with Gasteiger partial charge in [-0.15, -0.1) is 10.2 Å². The Morgan fingerprint density at radius 2 is 2.06 bits per heavy atom. The Bertz CT molecular complexity index is 1050. The number of rotatable bonds is 12. The van der Waals surface area contributed by atoms with Crippen molar-refractivity contribution in [2.75, 3.05) is 31.2 Å². The van der Waals surface area contributed by atoms with Crippen molar-refractivity contribution in [3.8, 4) is 5.75 Å². The summed E-state index contributed by atoms with van der Waals surface area (Å²) < 4.78 is 5.55. The van der Waals surface area contributed by atoms with Gasteiger partial charge in [-0.25, -0.2) is 4.98 Å². The molecule has 33 heavy (non-hydrogen) atoms. The molecule has 176 valence electrons. The number of nitrogens with one attached hydrogen (secondary N) is 3. The molecule has 0 bridgehead atoms. The summed E-state index contributed by atoms with van der Waals surface area (Å²) in [7, 11) is 1.61. The maximum atomic E-state index is 12.7. The highest BCUT2D eigenvalue weighted by Gasteiger charge is 2.16. The molecule has 0 unspecified atom stereocenters. The highest BCUT2D eigenvalue weighted by molar-refractivity contribution is 5.94. The van der Waals surface area contributed by atoms with Crippen molar-refractivity contribution in [2.45, 2.75) is 46.0 Å². The van der Waals surface area contributed by atoms with Crippen molar-refractivity contribution in [3.63, 3.8) is 0 Å². The number of benzene rings is 1. The number of aryl methyl sites for hydroxylation is 2. The molecule has 5 N–H and O–H groups in total. The highest BCUT2D eigenvalue weighted by atomic mass is 16.5. The van der Waals surface area contributed by atoms with E-state index in [1.807, 2.05) is 13.0 Å². The third-order valence-electron chi connectivity index (χ3n) is 5.22. The van der Waals surface area contributed by atoms with E-state index in [0.717, 1.165) is 36.2 Å². The molecule has 0 aliphatic carbocycles. The van der Waals surface area contributed by atoms with Crippen LogP contribution in [-0.4, -0.2) is 56.7 Å². The topological polar surface area (TPSA) is 157 Å². The number of amides is 1. The molecule has 0 aliphatic heterocycles. The standard InChI is InChI=1S/C22H31N9O2/c1-4-5-10-24-20-17(14(2)26-22(23)27-20)13-16-12-15(8-9-18(16)33-3)21(32)25-11-6-7-19-28-30-31-29-19/h8-9,12H,4-7,10-11,13H2,1-3H3,(H,25,32)(H3,23,24,26,27)(H,28,29,30,31). The summed E-state index contributed by atoms with van der Waals surface area (Å²) in [6.07, 6.45) is 3.94.